The highest BCUT2D eigenvalue weighted by molar-refractivity contribution is 5.79. The molecule has 8 nitrogen and oxygen atoms in total. The van der Waals surface area contributed by atoms with Gasteiger partial charge in [0.05, 0.1) is 13.2 Å². The van der Waals surface area contributed by atoms with Crippen molar-refractivity contribution in [3.8, 4) is 5.75 Å². The maximum atomic E-state index is 5.85. The zero-order valence-corrected chi connectivity index (χ0v) is 17.1. The predicted octanol–water partition coefficient (Wildman–Crippen LogP) is 2.15. The molecule has 1 aromatic heterocycles. The van der Waals surface area contributed by atoms with Gasteiger partial charge >= 0.3 is 0 Å². The van der Waals surface area contributed by atoms with Crippen LogP contribution in [0.5, 0.6) is 5.75 Å². The second-order valence-electron chi connectivity index (χ2n) is 6.48. The van der Waals surface area contributed by atoms with Crippen LogP contribution in [0.2, 0.25) is 0 Å². The Bertz CT molecular complexity index is 703. The molecule has 2 N–H and O–H groups in total. The van der Waals surface area contributed by atoms with Crippen LogP contribution in [0.25, 0.3) is 0 Å². The van der Waals surface area contributed by atoms with Gasteiger partial charge in [-0.25, -0.2) is 4.99 Å². The van der Waals surface area contributed by atoms with Gasteiger partial charge in [0.2, 0.25) is 0 Å². The Hall–Kier alpha value is -2.61. The molecule has 0 atom stereocenters. The largest absolute Gasteiger partial charge is 0.491 e. The lowest BCUT2D eigenvalue weighted by Crippen LogP contribution is -2.37. The molecule has 2 aromatic rings. The first kappa shape index (κ1) is 21.7. The molecular formula is C20H32N6O2. The number of nitrogens with zero attached hydrogens (tertiary/aromatic N) is 4. The predicted molar refractivity (Wildman–Crippen MR) is 111 cm³/mol. The van der Waals surface area contributed by atoms with Crippen LogP contribution in [0, 0.1) is 6.92 Å². The number of methoxy groups -OCH3 is 1. The molecule has 0 spiro atoms. The van der Waals surface area contributed by atoms with Crippen molar-refractivity contribution in [3.63, 3.8) is 0 Å². The molecule has 154 valence electrons. The second-order valence-corrected chi connectivity index (χ2v) is 6.48. The van der Waals surface area contributed by atoms with E-state index in [9.17, 15) is 0 Å². The Morgan fingerprint density at radius 2 is 1.96 bits per heavy atom. The number of nitrogens with one attached hydrogen (secondary N) is 2. The van der Waals surface area contributed by atoms with Gasteiger partial charge in [-0.15, -0.1) is 10.2 Å². The highest BCUT2D eigenvalue weighted by Crippen LogP contribution is 2.21. The Morgan fingerprint density at radius 1 is 1.14 bits per heavy atom. The molecule has 1 heterocycles. The number of unbranched alkanes of at least 4 members (excludes halogenated alkanes) is 1. The molecule has 0 radical (unpaired) electrons. The first-order valence-corrected chi connectivity index (χ1v) is 9.78. The van der Waals surface area contributed by atoms with Gasteiger partial charge in [-0.1, -0.05) is 12.1 Å². The minimum atomic E-state index is 0.529. The number of aromatic nitrogens is 3. The quantitative estimate of drug-likeness (QED) is 0.329. The van der Waals surface area contributed by atoms with E-state index in [1.54, 1.807) is 19.8 Å². The van der Waals surface area contributed by atoms with Crippen LogP contribution in [0.1, 0.15) is 30.9 Å². The van der Waals surface area contributed by atoms with Crippen molar-refractivity contribution >= 4 is 5.96 Å². The molecule has 2 rings (SSSR count). The summed E-state index contributed by atoms with van der Waals surface area (Å²) in [7, 11) is 1.67. The smallest absolute Gasteiger partial charge is 0.191 e. The van der Waals surface area contributed by atoms with Crippen molar-refractivity contribution in [3.05, 3.63) is 42.0 Å². The van der Waals surface area contributed by atoms with Crippen LogP contribution >= 0.6 is 0 Å². The van der Waals surface area contributed by atoms with Gasteiger partial charge in [0, 0.05) is 32.3 Å². The highest BCUT2D eigenvalue weighted by Gasteiger charge is 2.05. The zero-order valence-electron chi connectivity index (χ0n) is 17.1. The van der Waals surface area contributed by atoms with Crippen LogP contribution < -0.4 is 15.4 Å². The van der Waals surface area contributed by atoms with E-state index in [-0.39, 0.29) is 0 Å². The fraction of sp³-hybridized carbons (Fsp3) is 0.550. The molecule has 0 saturated heterocycles. The molecule has 1 aromatic carbocycles. The number of hydrogen-bond donors (Lipinski definition) is 2. The van der Waals surface area contributed by atoms with E-state index in [1.165, 1.54) is 5.56 Å². The maximum absolute atomic E-state index is 5.85. The molecule has 0 aliphatic rings. The van der Waals surface area contributed by atoms with Crippen LogP contribution in [-0.2, 0) is 17.8 Å². The average molecular weight is 389 g/mol. The minimum Gasteiger partial charge on any atom is -0.491 e. The third kappa shape index (κ3) is 7.96. The van der Waals surface area contributed by atoms with Gasteiger partial charge < -0.3 is 24.7 Å². The molecule has 0 unspecified atom stereocenters. The highest BCUT2D eigenvalue weighted by atomic mass is 16.5. The standard InChI is InChI=1S/C20H32N6O2/c1-4-21-20(22-9-5-6-10-26-15-24-25-16-26)23-14-18-8-7-17(2)13-19(18)28-12-11-27-3/h7-8,13,15-16H,4-6,9-12,14H2,1-3H3,(H2,21,22,23). The minimum absolute atomic E-state index is 0.529. The normalized spacial score (nSPS) is 11.5. The Balaban J connectivity index is 1.85. The topological polar surface area (TPSA) is 85.6 Å². The number of ether oxygens (including phenoxy) is 2. The summed E-state index contributed by atoms with van der Waals surface area (Å²) in [5.74, 6) is 1.68. The third-order valence-corrected chi connectivity index (χ3v) is 4.12. The number of aryl methyl sites for hydroxylation is 2. The van der Waals surface area contributed by atoms with Gasteiger partial charge in [0.15, 0.2) is 5.96 Å². The summed E-state index contributed by atoms with van der Waals surface area (Å²) in [6, 6.07) is 6.20. The summed E-state index contributed by atoms with van der Waals surface area (Å²) in [5, 5.41) is 14.3. The molecule has 28 heavy (non-hydrogen) atoms. The number of guanidine groups is 1. The van der Waals surface area contributed by atoms with Crippen LogP contribution in [0.3, 0.4) is 0 Å². The average Bonchev–Trinajstić information content (AvgIpc) is 3.20. The van der Waals surface area contributed by atoms with E-state index >= 15 is 0 Å². The van der Waals surface area contributed by atoms with E-state index in [0.717, 1.165) is 49.7 Å². The molecule has 0 fully saturated rings. The van der Waals surface area contributed by atoms with Crippen molar-refractivity contribution in [2.24, 2.45) is 4.99 Å². The fourth-order valence-corrected chi connectivity index (χ4v) is 2.63. The molecule has 0 saturated carbocycles. The van der Waals surface area contributed by atoms with Crippen molar-refractivity contribution in [2.75, 3.05) is 33.4 Å². The van der Waals surface area contributed by atoms with Gasteiger partial charge in [0.25, 0.3) is 0 Å². The van der Waals surface area contributed by atoms with E-state index in [2.05, 4.69) is 46.8 Å². The molecule has 0 amide bonds. The Kier molecular flexibility index (Phi) is 9.85. The van der Waals surface area contributed by atoms with Crippen LogP contribution in [-0.4, -0.2) is 54.1 Å². The van der Waals surface area contributed by atoms with Gasteiger partial charge in [-0.3, -0.25) is 0 Å². The summed E-state index contributed by atoms with van der Waals surface area (Å²) in [6.45, 7) is 8.37. The lowest BCUT2D eigenvalue weighted by atomic mass is 10.1. The van der Waals surface area contributed by atoms with E-state index in [1.807, 2.05) is 10.6 Å². The molecule has 8 heteroatoms. The van der Waals surface area contributed by atoms with Crippen LogP contribution in [0.4, 0.5) is 0 Å². The fourth-order valence-electron chi connectivity index (χ4n) is 2.63. The lowest BCUT2D eigenvalue weighted by molar-refractivity contribution is 0.145. The van der Waals surface area contributed by atoms with Crippen molar-refractivity contribution in [2.45, 2.75) is 39.8 Å². The maximum Gasteiger partial charge on any atom is 0.191 e. The molecule has 0 aliphatic carbocycles. The number of aliphatic imine (C=N–C) groups is 1. The van der Waals surface area contributed by atoms with Gasteiger partial charge in [-0.2, -0.15) is 0 Å². The molecule has 0 aliphatic heterocycles. The summed E-state index contributed by atoms with van der Waals surface area (Å²) in [6.07, 6.45) is 5.58. The summed E-state index contributed by atoms with van der Waals surface area (Å²) in [5.41, 5.74) is 2.23. The number of rotatable bonds is 12. The first-order chi connectivity index (χ1) is 13.7. The SMILES string of the molecule is CCNC(=NCc1ccc(C)cc1OCCOC)NCCCCn1cnnc1. The van der Waals surface area contributed by atoms with Crippen LogP contribution in [0.15, 0.2) is 35.8 Å². The monoisotopic (exact) mass is 388 g/mol. The summed E-state index contributed by atoms with van der Waals surface area (Å²) >= 11 is 0. The van der Waals surface area contributed by atoms with Gasteiger partial charge in [-0.05, 0) is 38.3 Å². The van der Waals surface area contributed by atoms with E-state index in [4.69, 9.17) is 14.5 Å². The van der Waals surface area contributed by atoms with E-state index in [0.29, 0.717) is 19.8 Å². The number of hydrogen-bond acceptors (Lipinski definition) is 5. The van der Waals surface area contributed by atoms with Crippen molar-refractivity contribution in [1.29, 1.82) is 0 Å². The Labute approximate surface area is 167 Å². The summed E-state index contributed by atoms with van der Waals surface area (Å²) < 4.78 is 12.9. The molecular weight excluding hydrogens is 356 g/mol. The number of benzene rings is 1. The second kappa shape index (κ2) is 12.7. The summed E-state index contributed by atoms with van der Waals surface area (Å²) in [4.78, 5) is 4.71. The lowest BCUT2D eigenvalue weighted by Gasteiger charge is -2.13. The van der Waals surface area contributed by atoms with Gasteiger partial charge in [0.1, 0.15) is 25.0 Å². The van der Waals surface area contributed by atoms with E-state index < -0.39 is 0 Å². The van der Waals surface area contributed by atoms with Crippen molar-refractivity contribution < 1.29 is 9.47 Å². The first-order valence-electron chi connectivity index (χ1n) is 9.78. The third-order valence-electron chi connectivity index (χ3n) is 4.12. The zero-order chi connectivity index (χ0) is 20.0. The molecule has 0 bridgehead atoms. The Morgan fingerprint density at radius 3 is 2.71 bits per heavy atom. The van der Waals surface area contributed by atoms with Crippen molar-refractivity contribution in [1.82, 2.24) is 25.4 Å².